The predicted octanol–water partition coefficient (Wildman–Crippen LogP) is 2.83. The number of hydrogen-bond acceptors (Lipinski definition) is 4. The number of benzene rings is 1. The zero-order valence-electron chi connectivity index (χ0n) is 10.9. The molecule has 104 valence electrons. The van der Waals surface area contributed by atoms with Crippen LogP contribution in [0.25, 0.3) is 0 Å². The van der Waals surface area contributed by atoms with Crippen LogP contribution in [0.2, 0.25) is 0 Å². The van der Waals surface area contributed by atoms with Crippen LogP contribution >= 0.6 is 15.9 Å². The van der Waals surface area contributed by atoms with E-state index in [4.69, 9.17) is 15.7 Å². The van der Waals surface area contributed by atoms with Gasteiger partial charge in [0.15, 0.2) is 5.84 Å². The Balaban J connectivity index is 2.11. The normalized spacial score (nSPS) is 11.4. The highest BCUT2D eigenvalue weighted by Gasteiger charge is 2.05. The van der Waals surface area contributed by atoms with Crippen LogP contribution < -0.4 is 10.5 Å². The fourth-order valence-electron chi connectivity index (χ4n) is 1.71. The highest BCUT2D eigenvalue weighted by molar-refractivity contribution is 9.10. The zero-order valence-corrected chi connectivity index (χ0v) is 12.5. The lowest BCUT2D eigenvalue weighted by molar-refractivity contribution is 0.304. The van der Waals surface area contributed by atoms with Gasteiger partial charge in [0, 0.05) is 16.2 Å². The molecule has 2 rings (SSSR count). The minimum atomic E-state index is 0.0942. The van der Waals surface area contributed by atoms with Crippen LogP contribution in [-0.4, -0.2) is 16.0 Å². The monoisotopic (exact) mass is 335 g/mol. The Morgan fingerprint density at radius 1 is 1.40 bits per heavy atom. The maximum Gasteiger partial charge on any atom is 0.170 e. The Morgan fingerprint density at radius 3 is 2.85 bits per heavy atom. The zero-order chi connectivity index (χ0) is 14.5. The number of pyridine rings is 1. The number of hydrogen-bond donors (Lipinski definition) is 2. The molecule has 20 heavy (non-hydrogen) atoms. The van der Waals surface area contributed by atoms with Crippen molar-refractivity contribution in [3.63, 3.8) is 0 Å². The lowest BCUT2D eigenvalue weighted by atomic mass is 10.1. The van der Waals surface area contributed by atoms with Crippen molar-refractivity contribution in [3.8, 4) is 5.75 Å². The molecule has 0 saturated carbocycles. The van der Waals surface area contributed by atoms with Gasteiger partial charge in [0.05, 0.1) is 6.20 Å². The molecule has 0 atom stereocenters. The van der Waals surface area contributed by atoms with Crippen molar-refractivity contribution in [3.05, 3.63) is 57.8 Å². The van der Waals surface area contributed by atoms with Crippen molar-refractivity contribution in [2.75, 3.05) is 0 Å². The van der Waals surface area contributed by atoms with E-state index >= 15 is 0 Å². The van der Waals surface area contributed by atoms with E-state index in [1.54, 1.807) is 18.5 Å². The molecule has 1 heterocycles. The lowest BCUT2D eigenvalue weighted by Gasteiger charge is -2.10. The van der Waals surface area contributed by atoms with Gasteiger partial charge in [-0.15, -0.1) is 0 Å². The summed E-state index contributed by atoms with van der Waals surface area (Å²) in [7, 11) is 0. The molecule has 0 unspecified atom stereocenters. The standard InChI is InChI=1S/C14H14BrN3O2/c1-9-4-10(14(16)18-19)2-3-11(9)8-20-13-5-12(15)6-17-7-13/h2-7,19H,8H2,1H3,(H2,16,18). The number of halogens is 1. The largest absolute Gasteiger partial charge is 0.487 e. The van der Waals surface area contributed by atoms with Gasteiger partial charge in [-0.2, -0.15) is 0 Å². The molecular formula is C14H14BrN3O2. The van der Waals surface area contributed by atoms with Crippen molar-refractivity contribution in [2.45, 2.75) is 13.5 Å². The summed E-state index contributed by atoms with van der Waals surface area (Å²) in [4.78, 5) is 4.04. The Kier molecular flexibility index (Phi) is 4.57. The van der Waals surface area contributed by atoms with Crippen LogP contribution in [0.3, 0.4) is 0 Å². The van der Waals surface area contributed by atoms with Crippen molar-refractivity contribution < 1.29 is 9.94 Å². The summed E-state index contributed by atoms with van der Waals surface area (Å²) >= 11 is 3.34. The first kappa shape index (κ1) is 14.3. The van der Waals surface area contributed by atoms with E-state index < -0.39 is 0 Å². The first-order valence-electron chi connectivity index (χ1n) is 5.91. The fraction of sp³-hybridized carbons (Fsp3) is 0.143. The molecule has 0 spiro atoms. The van der Waals surface area contributed by atoms with Gasteiger partial charge >= 0.3 is 0 Å². The van der Waals surface area contributed by atoms with Crippen LogP contribution in [0.15, 0.2) is 46.3 Å². The van der Waals surface area contributed by atoms with E-state index in [0.29, 0.717) is 17.9 Å². The first-order chi connectivity index (χ1) is 9.60. The van der Waals surface area contributed by atoms with Gasteiger partial charge in [-0.1, -0.05) is 17.3 Å². The number of oxime groups is 1. The van der Waals surface area contributed by atoms with Gasteiger partial charge < -0.3 is 15.7 Å². The molecule has 0 fully saturated rings. The Bertz CT molecular complexity index is 644. The van der Waals surface area contributed by atoms with Crippen molar-refractivity contribution in [2.24, 2.45) is 10.9 Å². The van der Waals surface area contributed by atoms with E-state index in [-0.39, 0.29) is 5.84 Å². The summed E-state index contributed by atoms with van der Waals surface area (Å²) in [5, 5.41) is 11.6. The molecule has 0 aliphatic carbocycles. The van der Waals surface area contributed by atoms with Crippen LogP contribution in [0, 0.1) is 6.92 Å². The first-order valence-corrected chi connectivity index (χ1v) is 6.70. The van der Waals surface area contributed by atoms with Crippen molar-refractivity contribution >= 4 is 21.8 Å². The molecule has 1 aromatic heterocycles. The van der Waals surface area contributed by atoms with Gasteiger partial charge in [0.25, 0.3) is 0 Å². The number of nitrogens with zero attached hydrogens (tertiary/aromatic N) is 2. The molecule has 0 aliphatic rings. The second kappa shape index (κ2) is 6.38. The average Bonchev–Trinajstić information content (AvgIpc) is 2.45. The molecule has 0 radical (unpaired) electrons. The molecule has 2 aromatic rings. The van der Waals surface area contributed by atoms with E-state index in [1.807, 2.05) is 25.1 Å². The number of aromatic nitrogens is 1. The highest BCUT2D eigenvalue weighted by atomic mass is 79.9. The number of amidine groups is 1. The molecule has 0 saturated heterocycles. The summed E-state index contributed by atoms with van der Waals surface area (Å²) in [5.74, 6) is 0.788. The number of aryl methyl sites for hydroxylation is 1. The second-order valence-electron chi connectivity index (χ2n) is 4.25. The minimum Gasteiger partial charge on any atom is -0.487 e. The third-order valence-corrected chi connectivity index (χ3v) is 3.25. The van der Waals surface area contributed by atoms with E-state index in [9.17, 15) is 0 Å². The molecular weight excluding hydrogens is 322 g/mol. The maximum atomic E-state index is 8.65. The average molecular weight is 336 g/mol. The fourth-order valence-corrected chi connectivity index (χ4v) is 2.05. The van der Waals surface area contributed by atoms with Gasteiger partial charge in [-0.25, -0.2) is 0 Å². The van der Waals surface area contributed by atoms with E-state index in [2.05, 4.69) is 26.1 Å². The lowest BCUT2D eigenvalue weighted by Crippen LogP contribution is -2.13. The Hall–Kier alpha value is -2.08. The molecule has 1 aromatic carbocycles. The maximum absolute atomic E-state index is 8.65. The molecule has 5 nitrogen and oxygen atoms in total. The Morgan fingerprint density at radius 2 is 2.20 bits per heavy atom. The number of nitrogens with two attached hydrogens (primary N) is 1. The highest BCUT2D eigenvalue weighted by Crippen LogP contribution is 2.18. The third kappa shape index (κ3) is 3.48. The Labute approximate surface area is 125 Å². The predicted molar refractivity (Wildman–Crippen MR) is 80.0 cm³/mol. The van der Waals surface area contributed by atoms with Crippen LogP contribution in [-0.2, 0) is 6.61 Å². The summed E-state index contributed by atoms with van der Waals surface area (Å²) in [5.41, 5.74) is 8.27. The van der Waals surface area contributed by atoms with Gasteiger partial charge in [-0.05, 0) is 46.1 Å². The number of rotatable bonds is 4. The molecule has 0 bridgehead atoms. The van der Waals surface area contributed by atoms with Gasteiger partial charge in [-0.3, -0.25) is 4.98 Å². The minimum absolute atomic E-state index is 0.0942. The molecule has 0 aliphatic heterocycles. The smallest absolute Gasteiger partial charge is 0.170 e. The molecule has 3 N–H and O–H groups in total. The van der Waals surface area contributed by atoms with Crippen LogP contribution in [0.4, 0.5) is 0 Å². The topological polar surface area (TPSA) is 80.7 Å². The summed E-state index contributed by atoms with van der Waals surface area (Å²) < 4.78 is 6.55. The van der Waals surface area contributed by atoms with Gasteiger partial charge in [0.2, 0.25) is 0 Å². The summed E-state index contributed by atoms with van der Waals surface area (Å²) in [6, 6.07) is 7.40. The molecule has 6 heteroatoms. The van der Waals surface area contributed by atoms with E-state index in [1.165, 1.54) is 0 Å². The van der Waals surface area contributed by atoms with Crippen LogP contribution in [0.1, 0.15) is 16.7 Å². The SMILES string of the molecule is Cc1cc(/C(N)=N/O)ccc1COc1cncc(Br)c1. The van der Waals surface area contributed by atoms with E-state index in [0.717, 1.165) is 15.6 Å². The van der Waals surface area contributed by atoms with Gasteiger partial charge in [0.1, 0.15) is 12.4 Å². The quantitative estimate of drug-likeness (QED) is 0.389. The summed E-state index contributed by atoms with van der Waals surface area (Å²) in [6.07, 6.45) is 3.36. The number of ether oxygens (including phenoxy) is 1. The molecule has 0 amide bonds. The summed E-state index contributed by atoms with van der Waals surface area (Å²) in [6.45, 7) is 2.38. The van der Waals surface area contributed by atoms with Crippen LogP contribution in [0.5, 0.6) is 5.75 Å². The van der Waals surface area contributed by atoms with Crippen molar-refractivity contribution in [1.29, 1.82) is 0 Å². The second-order valence-corrected chi connectivity index (χ2v) is 5.17. The van der Waals surface area contributed by atoms with Crippen molar-refractivity contribution in [1.82, 2.24) is 4.98 Å². The third-order valence-electron chi connectivity index (χ3n) is 2.82.